The molecular formula is C17H28N2O3. The van der Waals surface area contributed by atoms with Crippen LogP contribution >= 0.6 is 0 Å². The third-order valence-corrected chi connectivity index (χ3v) is 5.41. The zero-order valence-corrected chi connectivity index (χ0v) is 13.9. The van der Waals surface area contributed by atoms with Crippen molar-refractivity contribution in [3.05, 3.63) is 0 Å². The average Bonchev–Trinajstić information content (AvgIpc) is 2.79. The van der Waals surface area contributed by atoms with E-state index in [1.807, 2.05) is 18.7 Å². The van der Waals surface area contributed by atoms with Gasteiger partial charge in [0.1, 0.15) is 6.54 Å². The van der Waals surface area contributed by atoms with Gasteiger partial charge in [0.05, 0.1) is 0 Å². The number of rotatable bonds is 4. The summed E-state index contributed by atoms with van der Waals surface area (Å²) in [7, 11) is 0. The lowest BCUT2D eigenvalue weighted by molar-refractivity contribution is -0.157. The second kappa shape index (κ2) is 7.25. The predicted octanol–water partition coefficient (Wildman–Crippen LogP) is 2.34. The maximum absolute atomic E-state index is 12.4. The lowest BCUT2D eigenvalue weighted by atomic mass is 9.73. The van der Waals surface area contributed by atoms with Crippen molar-refractivity contribution in [3.63, 3.8) is 0 Å². The summed E-state index contributed by atoms with van der Waals surface area (Å²) >= 11 is 0. The molecule has 0 aromatic carbocycles. The van der Waals surface area contributed by atoms with Crippen LogP contribution in [0.1, 0.15) is 65.2 Å². The van der Waals surface area contributed by atoms with E-state index in [1.54, 1.807) is 0 Å². The number of hydrogen-bond donors (Lipinski definition) is 0. The molecule has 0 N–H and O–H groups in total. The van der Waals surface area contributed by atoms with Gasteiger partial charge in [0.15, 0.2) is 0 Å². The van der Waals surface area contributed by atoms with Crippen LogP contribution in [0.15, 0.2) is 0 Å². The Balaban J connectivity index is 1.99. The highest BCUT2D eigenvalue weighted by Gasteiger charge is 2.42. The van der Waals surface area contributed by atoms with E-state index in [0.717, 1.165) is 51.6 Å². The summed E-state index contributed by atoms with van der Waals surface area (Å²) in [6.45, 7) is 5.50. The van der Waals surface area contributed by atoms with E-state index in [-0.39, 0.29) is 29.7 Å². The normalized spacial score (nSPS) is 22.6. The molecule has 2 fully saturated rings. The Hall–Kier alpha value is -1.39. The number of imide groups is 1. The van der Waals surface area contributed by atoms with Gasteiger partial charge in [0.2, 0.25) is 17.7 Å². The van der Waals surface area contributed by atoms with E-state index in [0.29, 0.717) is 12.8 Å². The van der Waals surface area contributed by atoms with Crippen LogP contribution in [0.4, 0.5) is 0 Å². The third-order valence-electron chi connectivity index (χ3n) is 5.41. The van der Waals surface area contributed by atoms with Crippen molar-refractivity contribution in [3.8, 4) is 0 Å². The molecule has 0 atom stereocenters. The first kappa shape index (κ1) is 17.0. The van der Waals surface area contributed by atoms with Crippen LogP contribution in [0.25, 0.3) is 0 Å². The number of carbonyl (C=O) groups is 3. The molecular weight excluding hydrogens is 280 g/mol. The van der Waals surface area contributed by atoms with E-state index in [1.165, 1.54) is 4.90 Å². The number of piperidine rings is 1. The van der Waals surface area contributed by atoms with Gasteiger partial charge in [0, 0.05) is 25.9 Å². The van der Waals surface area contributed by atoms with E-state index in [9.17, 15) is 14.4 Å². The van der Waals surface area contributed by atoms with Crippen molar-refractivity contribution in [1.29, 1.82) is 0 Å². The van der Waals surface area contributed by atoms with Crippen molar-refractivity contribution < 1.29 is 14.4 Å². The van der Waals surface area contributed by atoms with Crippen LogP contribution in [0.5, 0.6) is 0 Å². The second-order valence-electron chi connectivity index (χ2n) is 6.73. The van der Waals surface area contributed by atoms with Crippen molar-refractivity contribution in [2.45, 2.75) is 65.2 Å². The standard InChI is InChI=1S/C17H28N2O3/c1-3-17(4-2)11-14(20)19(15(21)12-17)13-16(22)18-9-7-5-6-8-10-18/h3-13H2,1-2H3. The Bertz CT molecular complexity index is 415. The minimum Gasteiger partial charge on any atom is -0.341 e. The Labute approximate surface area is 133 Å². The fourth-order valence-electron chi connectivity index (χ4n) is 3.52. The van der Waals surface area contributed by atoms with Gasteiger partial charge < -0.3 is 4.90 Å². The molecule has 0 aromatic heterocycles. The van der Waals surface area contributed by atoms with Crippen LogP contribution in [-0.4, -0.2) is 47.2 Å². The van der Waals surface area contributed by atoms with E-state index in [4.69, 9.17) is 0 Å². The molecule has 124 valence electrons. The van der Waals surface area contributed by atoms with Crippen LogP contribution in [0, 0.1) is 5.41 Å². The molecule has 3 amide bonds. The molecule has 0 spiro atoms. The van der Waals surface area contributed by atoms with Gasteiger partial charge >= 0.3 is 0 Å². The summed E-state index contributed by atoms with van der Waals surface area (Å²) in [5.74, 6) is -0.435. The monoisotopic (exact) mass is 308 g/mol. The van der Waals surface area contributed by atoms with Gasteiger partial charge in [-0.05, 0) is 31.1 Å². The van der Waals surface area contributed by atoms with E-state index in [2.05, 4.69) is 0 Å². The zero-order chi connectivity index (χ0) is 16.2. The minimum absolute atomic E-state index is 0.0683. The molecule has 0 radical (unpaired) electrons. The van der Waals surface area contributed by atoms with Crippen LogP contribution in [0.2, 0.25) is 0 Å². The molecule has 5 heteroatoms. The quantitative estimate of drug-likeness (QED) is 0.749. The van der Waals surface area contributed by atoms with Gasteiger partial charge in [0.25, 0.3) is 0 Å². The largest absolute Gasteiger partial charge is 0.341 e. The highest BCUT2D eigenvalue weighted by molar-refractivity contribution is 6.01. The number of hydrogen-bond acceptors (Lipinski definition) is 3. The summed E-state index contributed by atoms with van der Waals surface area (Å²) in [5.41, 5.74) is -0.198. The molecule has 2 aliphatic rings. The van der Waals surface area contributed by atoms with Crippen molar-refractivity contribution in [2.75, 3.05) is 19.6 Å². The summed E-state index contributed by atoms with van der Waals surface area (Å²) in [5, 5.41) is 0. The number of nitrogens with zero attached hydrogens (tertiary/aromatic N) is 2. The second-order valence-corrected chi connectivity index (χ2v) is 6.73. The molecule has 0 bridgehead atoms. The fraction of sp³-hybridized carbons (Fsp3) is 0.824. The minimum atomic E-state index is -0.198. The average molecular weight is 308 g/mol. The smallest absolute Gasteiger partial charge is 0.242 e. The third kappa shape index (κ3) is 3.68. The highest BCUT2D eigenvalue weighted by Crippen LogP contribution is 2.39. The van der Waals surface area contributed by atoms with Gasteiger partial charge in [-0.25, -0.2) is 0 Å². The van der Waals surface area contributed by atoms with Crippen molar-refractivity contribution >= 4 is 17.7 Å². The van der Waals surface area contributed by atoms with E-state index >= 15 is 0 Å². The number of carbonyl (C=O) groups excluding carboxylic acids is 3. The summed E-state index contributed by atoms with van der Waals surface area (Å²) in [6.07, 6.45) is 6.77. The number of likely N-dealkylation sites (tertiary alicyclic amines) is 2. The predicted molar refractivity (Wildman–Crippen MR) is 84.0 cm³/mol. The Morgan fingerprint density at radius 3 is 1.91 bits per heavy atom. The van der Waals surface area contributed by atoms with Crippen molar-refractivity contribution in [1.82, 2.24) is 9.80 Å². The lowest BCUT2D eigenvalue weighted by Gasteiger charge is -2.39. The first-order valence-electron chi connectivity index (χ1n) is 8.62. The molecule has 0 aliphatic carbocycles. The van der Waals surface area contributed by atoms with E-state index < -0.39 is 0 Å². The SMILES string of the molecule is CCC1(CC)CC(=O)N(CC(=O)N2CCCCCC2)C(=O)C1. The molecule has 5 nitrogen and oxygen atoms in total. The van der Waals surface area contributed by atoms with Gasteiger partial charge in [-0.1, -0.05) is 26.7 Å². The molecule has 0 saturated carbocycles. The number of amides is 3. The molecule has 0 aromatic rings. The van der Waals surface area contributed by atoms with Gasteiger partial charge in [-0.2, -0.15) is 0 Å². The maximum atomic E-state index is 12.4. The zero-order valence-electron chi connectivity index (χ0n) is 13.9. The van der Waals surface area contributed by atoms with Gasteiger partial charge in [-0.15, -0.1) is 0 Å². The Morgan fingerprint density at radius 1 is 0.955 bits per heavy atom. The Morgan fingerprint density at radius 2 is 1.45 bits per heavy atom. The molecule has 2 saturated heterocycles. The highest BCUT2D eigenvalue weighted by atomic mass is 16.2. The summed E-state index contributed by atoms with van der Waals surface area (Å²) in [6, 6.07) is 0. The topological polar surface area (TPSA) is 57.7 Å². The maximum Gasteiger partial charge on any atom is 0.242 e. The molecule has 2 heterocycles. The first-order valence-corrected chi connectivity index (χ1v) is 8.62. The fourth-order valence-corrected chi connectivity index (χ4v) is 3.52. The van der Waals surface area contributed by atoms with Crippen LogP contribution in [-0.2, 0) is 14.4 Å². The van der Waals surface area contributed by atoms with Crippen molar-refractivity contribution in [2.24, 2.45) is 5.41 Å². The molecule has 22 heavy (non-hydrogen) atoms. The molecule has 2 rings (SSSR count). The first-order chi connectivity index (χ1) is 10.5. The molecule has 2 aliphatic heterocycles. The Kier molecular flexibility index (Phi) is 5.59. The summed E-state index contributed by atoms with van der Waals surface area (Å²) < 4.78 is 0. The van der Waals surface area contributed by atoms with Gasteiger partial charge in [-0.3, -0.25) is 19.3 Å². The summed E-state index contributed by atoms with van der Waals surface area (Å²) in [4.78, 5) is 40.1. The molecule has 0 unspecified atom stereocenters. The van der Waals surface area contributed by atoms with Crippen LogP contribution < -0.4 is 0 Å². The lowest BCUT2D eigenvalue weighted by Crippen LogP contribution is -2.51. The van der Waals surface area contributed by atoms with Crippen LogP contribution in [0.3, 0.4) is 0 Å².